The molecule has 32 heavy (non-hydrogen) atoms. The first-order chi connectivity index (χ1) is 15.2. The number of urea groups is 1. The maximum atomic E-state index is 13.3. The number of amidine groups is 1. The Morgan fingerprint density at radius 1 is 0.906 bits per heavy atom. The number of nitrogen functional groups attached to an aromatic ring is 1. The van der Waals surface area contributed by atoms with Crippen molar-refractivity contribution in [1.29, 1.82) is 5.41 Å². The molecule has 3 rings (SSSR count). The van der Waals surface area contributed by atoms with Crippen LogP contribution in [0.1, 0.15) is 11.1 Å². The van der Waals surface area contributed by atoms with E-state index in [1.807, 2.05) is 0 Å². The van der Waals surface area contributed by atoms with Gasteiger partial charge in [-0.05, 0) is 66.2 Å². The smallest absolute Gasteiger partial charge is 0.323 e. The van der Waals surface area contributed by atoms with Gasteiger partial charge in [0.15, 0.2) is 17.5 Å². The molecule has 0 bridgehead atoms. The van der Waals surface area contributed by atoms with E-state index in [0.29, 0.717) is 21.8 Å². The molecule has 1 atom stereocenters. The van der Waals surface area contributed by atoms with Crippen LogP contribution in [0, 0.1) is 22.9 Å². The Labute approximate surface area is 183 Å². The Morgan fingerprint density at radius 2 is 1.41 bits per heavy atom. The second kappa shape index (κ2) is 10.1. The topological polar surface area (TPSA) is 120 Å². The number of halogens is 3. The molecule has 0 saturated carbocycles. The van der Waals surface area contributed by atoms with Gasteiger partial charge in [-0.15, -0.1) is 0 Å². The molecule has 0 saturated heterocycles. The second-order valence-corrected chi connectivity index (χ2v) is 7.86. The summed E-state index contributed by atoms with van der Waals surface area (Å²) in [5, 5.41) is 12.6. The number of amides is 2. The highest BCUT2D eigenvalue weighted by Gasteiger charge is 2.12. The Balaban J connectivity index is 1.54. The van der Waals surface area contributed by atoms with Gasteiger partial charge >= 0.3 is 6.03 Å². The summed E-state index contributed by atoms with van der Waals surface area (Å²) in [6, 6.07) is 13.6. The average Bonchev–Trinajstić information content (AvgIpc) is 2.76. The largest absolute Gasteiger partial charge is 0.384 e. The van der Waals surface area contributed by atoms with Crippen LogP contribution in [0.15, 0.2) is 65.6 Å². The van der Waals surface area contributed by atoms with Crippen LogP contribution >= 0.6 is 0 Å². The van der Waals surface area contributed by atoms with Crippen LogP contribution in [-0.4, -0.2) is 16.1 Å². The van der Waals surface area contributed by atoms with Crippen molar-refractivity contribution in [2.75, 3.05) is 10.6 Å². The predicted molar refractivity (Wildman–Crippen MR) is 116 cm³/mol. The van der Waals surface area contributed by atoms with Crippen LogP contribution in [0.3, 0.4) is 0 Å². The van der Waals surface area contributed by atoms with Gasteiger partial charge in [-0.3, -0.25) is 5.41 Å². The van der Waals surface area contributed by atoms with Gasteiger partial charge in [0.2, 0.25) is 0 Å². The van der Waals surface area contributed by atoms with Crippen LogP contribution < -0.4 is 21.1 Å². The van der Waals surface area contributed by atoms with Gasteiger partial charge in [-0.25, -0.2) is 26.9 Å². The lowest BCUT2D eigenvalue weighted by molar-refractivity contribution is 0.262. The average molecular weight is 461 g/mol. The highest BCUT2D eigenvalue weighted by Crippen LogP contribution is 2.16. The third kappa shape index (κ3) is 5.93. The van der Waals surface area contributed by atoms with E-state index in [4.69, 9.17) is 11.1 Å². The molecule has 0 aliphatic heterocycles. The minimum absolute atomic E-state index is 0.0787. The van der Waals surface area contributed by atoms with Gasteiger partial charge in [-0.1, -0.05) is 0 Å². The zero-order valence-corrected chi connectivity index (χ0v) is 17.2. The maximum absolute atomic E-state index is 13.3. The number of nitrogens with one attached hydrogen (secondary N) is 4. The predicted octanol–water partition coefficient (Wildman–Crippen LogP) is 3.84. The number of nitrogens with two attached hydrogens (primary N) is 1. The molecule has 0 aromatic heterocycles. The lowest BCUT2D eigenvalue weighted by Gasteiger charge is -2.09. The highest BCUT2D eigenvalue weighted by atomic mass is 32.2. The molecule has 6 N–H and O–H groups in total. The summed E-state index contributed by atoms with van der Waals surface area (Å²) >= 11 is 0. The maximum Gasteiger partial charge on any atom is 0.323 e. The van der Waals surface area contributed by atoms with E-state index in [0.717, 1.165) is 12.1 Å². The zero-order valence-electron chi connectivity index (χ0n) is 16.4. The molecule has 0 spiro atoms. The van der Waals surface area contributed by atoms with Crippen LogP contribution in [0.4, 0.5) is 29.3 Å². The molecule has 166 valence electrons. The lowest BCUT2D eigenvalue weighted by Crippen LogP contribution is -2.20. The summed E-state index contributed by atoms with van der Waals surface area (Å²) < 4.78 is 54.4. The van der Waals surface area contributed by atoms with Crippen molar-refractivity contribution in [3.8, 4) is 0 Å². The first-order valence-corrected chi connectivity index (χ1v) is 10.3. The molecule has 2 amide bonds. The van der Waals surface area contributed by atoms with Crippen LogP contribution in [-0.2, 0) is 17.5 Å². The molecule has 0 fully saturated rings. The first kappa shape index (κ1) is 23.0. The molecular weight excluding hydrogens is 443 g/mol. The number of hydrogen-bond acceptors (Lipinski definition) is 3. The van der Waals surface area contributed by atoms with Crippen molar-refractivity contribution in [3.05, 3.63) is 89.2 Å². The van der Waals surface area contributed by atoms with Gasteiger partial charge in [0.05, 0.1) is 4.90 Å². The Hall–Kier alpha value is -3.70. The first-order valence-electron chi connectivity index (χ1n) is 9.14. The van der Waals surface area contributed by atoms with Gasteiger partial charge in [0.1, 0.15) is 16.8 Å². The van der Waals surface area contributed by atoms with E-state index < -0.39 is 34.5 Å². The number of benzene rings is 3. The third-order valence-electron chi connectivity index (χ3n) is 4.23. The molecule has 0 radical (unpaired) electrons. The van der Waals surface area contributed by atoms with Crippen molar-refractivity contribution >= 4 is 34.2 Å². The molecule has 0 aliphatic rings. The fraction of sp³-hybridized carbons (Fsp3) is 0.0476. The van der Waals surface area contributed by atoms with Crippen molar-refractivity contribution < 1.29 is 22.2 Å². The molecule has 11 heteroatoms. The Morgan fingerprint density at radius 3 is 1.91 bits per heavy atom. The van der Waals surface area contributed by atoms with Gasteiger partial charge in [-0.2, -0.15) is 0 Å². The van der Waals surface area contributed by atoms with Crippen LogP contribution in [0.2, 0.25) is 0 Å². The highest BCUT2D eigenvalue weighted by molar-refractivity contribution is 7.83. The van der Waals surface area contributed by atoms with E-state index in [9.17, 15) is 22.2 Å². The van der Waals surface area contributed by atoms with E-state index in [1.54, 1.807) is 24.3 Å². The van der Waals surface area contributed by atoms with E-state index in [1.165, 1.54) is 24.3 Å². The number of anilines is 2. The van der Waals surface area contributed by atoms with E-state index in [2.05, 4.69) is 15.4 Å². The van der Waals surface area contributed by atoms with E-state index in [-0.39, 0.29) is 17.9 Å². The summed E-state index contributed by atoms with van der Waals surface area (Å²) in [5.74, 6) is -4.29. The quantitative estimate of drug-likeness (QED) is 0.209. The molecule has 3 aromatic rings. The van der Waals surface area contributed by atoms with Gasteiger partial charge in [0.25, 0.3) is 0 Å². The normalized spacial score (nSPS) is 11.6. The molecule has 1 unspecified atom stereocenters. The van der Waals surface area contributed by atoms with Crippen molar-refractivity contribution in [2.24, 2.45) is 5.73 Å². The molecule has 0 heterocycles. The SMILES string of the molecule is N=C(N)c1ccc(NC(=O)Nc2ccc(S(=O)NCc3cc(F)c(F)c(F)c3)cc2)cc1. The Bertz CT molecular complexity index is 1150. The van der Waals surface area contributed by atoms with Crippen LogP contribution in [0.5, 0.6) is 0 Å². The summed E-state index contributed by atoms with van der Waals surface area (Å²) in [6.07, 6.45) is 0. The zero-order chi connectivity index (χ0) is 23.3. The molecule has 0 aliphatic carbocycles. The monoisotopic (exact) mass is 461 g/mol. The van der Waals surface area contributed by atoms with Gasteiger partial charge < -0.3 is 16.4 Å². The molecule has 3 aromatic carbocycles. The summed E-state index contributed by atoms with van der Waals surface area (Å²) in [4.78, 5) is 12.5. The van der Waals surface area contributed by atoms with Crippen molar-refractivity contribution in [2.45, 2.75) is 11.4 Å². The number of carbonyl (C=O) groups is 1. The number of rotatable bonds is 7. The molecule has 7 nitrogen and oxygen atoms in total. The minimum Gasteiger partial charge on any atom is -0.384 e. The van der Waals surface area contributed by atoms with Crippen molar-refractivity contribution in [1.82, 2.24) is 4.72 Å². The summed E-state index contributed by atoms with van der Waals surface area (Å²) in [6.45, 7) is -0.147. The third-order valence-corrected chi connectivity index (χ3v) is 5.34. The minimum atomic E-state index is -1.71. The molecular formula is C21H18F3N5O2S. The standard InChI is InChI=1S/C21H18F3N5O2S/c22-17-9-12(10-18(23)19(17)24)11-27-32(31)16-7-5-15(6-8-16)29-21(30)28-14-3-1-13(2-4-14)20(25)26/h1-10,27H,11H2,(H3,25,26)(H2,28,29,30). The van der Waals surface area contributed by atoms with Crippen molar-refractivity contribution in [3.63, 3.8) is 0 Å². The summed E-state index contributed by atoms with van der Waals surface area (Å²) in [7, 11) is -1.71. The van der Waals surface area contributed by atoms with E-state index >= 15 is 0 Å². The van der Waals surface area contributed by atoms with Crippen LogP contribution in [0.25, 0.3) is 0 Å². The summed E-state index contributed by atoms with van der Waals surface area (Å²) in [5.41, 5.74) is 6.95. The fourth-order valence-corrected chi connectivity index (χ4v) is 3.48. The Kier molecular flexibility index (Phi) is 7.23. The fourth-order valence-electron chi connectivity index (χ4n) is 2.63. The number of carbonyl (C=O) groups excluding carboxylic acids is 1. The lowest BCUT2D eigenvalue weighted by atomic mass is 10.2. The van der Waals surface area contributed by atoms with Gasteiger partial charge in [0, 0.05) is 23.5 Å². The second-order valence-electron chi connectivity index (χ2n) is 6.56. The number of hydrogen-bond donors (Lipinski definition) is 5.